The van der Waals surface area contributed by atoms with E-state index in [1.165, 1.54) is 49.5 Å². The van der Waals surface area contributed by atoms with Gasteiger partial charge in [-0.2, -0.15) is 0 Å². The zero-order valence-corrected chi connectivity index (χ0v) is 18.0. The minimum Gasteiger partial charge on any atom is -0.507 e. The fourth-order valence-corrected chi connectivity index (χ4v) is 3.87. The zero-order chi connectivity index (χ0) is 23.5. The molecule has 168 valence electrons. The molecule has 0 aliphatic carbocycles. The number of carbonyl (C=O) groups is 2. The Labute approximate surface area is 189 Å². The second-order valence-electron chi connectivity index (χ2n) is 7.34. The number of nitrogens with zero attached hydrogens (tertiary/aromatic N) is 2. The lowest BCUT2D eigenvalue weighted by Crippen LogP contribution is -2.30. The summed E-state index contributed by atoms with van der Waals surface area (Å²) in [5.41, 5.74) is 0.546. The van der Waals surface area contributed by atoms with Crippen LogP contribution < -0.4 is 9.47 Å². The van der Waals surface area contributed by atoms with Gasteiger partial charge in [0, 0.05) is 17.8 Å². The van der Waals surface area contributed by atoms with Crippen molar-refractivity contribution in [3.63, 3.8) is 0 Å². The lowest BCUT2D eigenvalue weighted by Gasteiger charge is -2.25. The number of pyridine rings is 1. The Morgan fingerprint density at radius 3 is 2.48 bits per heavy atom. The molecule has 8 heteroatoms. The van der Waals surface area contributed by atoms with Crippen molar-refractivity contribution in [3.8, 4) is 11.5 Å². The number of ketones is 1. The number of aromatic nitrogens is 1. The van der Waals surface area contributed by atoms with Gasteiger partial charge in [0.25, 0.3) is 11.7 Å². The molecule has 0 bridgehead atoms. The van der Waals surface area contributed by atoms with Crippen LogP contribution in [-0.4, -0.2) is 40.9 Å². The minimum atomic E-state index is -1.15. The van der Waals surface area contributed by atoms with Crippen LogP contribution in [-0.2, 0) is 16.1 Å². The number of aliphatic hydroxyl groups is 1. The average Bonchev–Trinajstić information content (AvgIpc) is 3.09. The van der Waals surface area contributed by atoms with Crippen LogP contribution in [0.25, 0.3) is 5.76 Å². The van der Waals surface area contributed by atoms with Gasteiger partial charge in [-0.05, 0) is 30.3 Å². The summed E-state index contributed by atoms with van der Waals surface area (Å²) in [6.07, 6.45) is 1.56. The average molecular weight is 448 g/mol. The molecular weight excluding hydrogens is 427 g/mol. The van der Waals surface area contributed by atoms with Crippen molar-refractivity contribution in [3.05, 3.63) is 95.1 Å². The molecule has 2 aromatic carbocycles. The standard InChI is InChI=1S/C25H21FN2O5/c1-32-16-10-11-18(20(13-16)33-2)23(29)21-22(17-8-3-4-9-19(17)26)28(25(31)24(21)30)14-15-7-5-6-12-27-15/h3-13,22,29H,14H2,1-2H3/b23-21+. The lowest BCUT2D eigenvalue weighted by atomic mass is 9.94. The molecule has 33 heavy (non-hydrogen) atoms. The number of methoxy groups -OCH3 is 2. The lowest BCUT2D eigenvalue weighted by molar-refractivity contribution is -0.140. The van der Waals surface area contributed by atoms with Gasteiger partial charge >= 0.3 is 0 Å². The third kappa shape index (κ3) is 4.03. The number of carbonyl (C=O) groups excluding carboxylic acids is 2. The number of likely N-dealkylation sites (tertiary alicyclic amines) is 1. The summed E-state index contributed by atoms with van der Waals surface area (Å²) >= 11 is 0. The minimum absolute atomic E-state index is 0.0407. The molecule has 1 N–H and O–H groups in total. The number of hydrogen-bond donors (Lipinski definition) is 1. The Morgan fingerprint density at radius 2 is 1.82 bits per heavy atom. The van der Waals surface area contributed by atoms with Gasteiger partial charge in [-0.1, -0.05) is 24.3 Å². The van der Waals surface area contributed by atoms with Crippen molar-refractivity contribution >= 4 is 17.4 Å². The Morgan fingerprint density at radius 1 is 1.06 bits per heavy atom. The zero-order valence-electron chi connectivity index (χ0n) is 18.0. The number of aliphatic hydroxyl groups excluding tert-OH is 1. The van der Waals surface area contributed by atoms with Gasteiger partial charge in [-0.15, -0.1) is 0 Å². The molecule has 0 saturated carbocycles. The first kappa shape index (κ1) is 22.0. The van der Waals surface area contributed by atoms with Crippen molar-refractivity contribution < 1.29 is 28.6 Å². The number of Topliss-reactive ketones (excluding diaryl/α,β-unsaturated/α-hetero) is 1. The van der Waals surface area contributed by atoms with E-state index in [0.29, 0.717) is 11.4 Å². The van der Waals surface area contributed by atoms with Crippen LogP contribution in [0.4, 0.5) is 4.39 Å². The summed E-state index contributed by atoms with van der Waals surface area (Å²) in [6.45, 7) is -0.0407. The molecule has 1 aromatic heterocycles. The molecular formula is C25H21FN2O5. The maximum atomic E-state index is 14.9. The van der Waals surface area contributed by atoms with Crippen LogP contribution in [0.3, 0.4) is 0 Å². The molecule has 1 aliphatic rings. The fraction of sp³-hybridized carbons (Fsp3) is 0.160. The van der Waals surface area contributed by atoms with E-state index >= 15 is 0 Å². The highest BCUT2D eigenvalue weighted by molar-refractivity contribution is 6.46. The molecule has 0 radical (unpaired) electrons. The van der Waals surface area contributed by atoms with Crippen molar-refractivity contribution in [2.45, 2.75) is 12.6 Å². The molecule has 1 fully saturated rings. The first-order valence-corrected chi connectivity index (χ1v) is 10.1. The van der Waals surface area contributed by atoms with Gasteiger partial charge in [-0.3, -0.25) is 14.6 Å². The smallest absolute Gasteiger partial charge is 0.296 e. The van der Waals surface area contributed by atoms with E-state index < -0.39 is 29.3 Å². The van der Waals surface area contributed by atoms with E-state index in [2.05, 4.69) is 4.98 Å². The van der Waals surface area contributed by atoms with Crippen molar-refractivity contribution in [2.75, 3.05) is 14.2 Å². The molecule has 1 amide bonds. The highest BCUT2D eigenvalue weighted by atomic mass is 19.1. The van der Waals surface area contributed by atoms with Crippen LogP contribution in [0, 0.1) is 5.82 Å². The number of halogens is 1. The summed E-state index contributed by atoms with van der Waals surface area (Å²) < 4.78 is 25.4. The van der Waals surface area contributed by atoms with Crippen LogP contribution in [0.2, 0.25) is 0 Å². The maximum Gasteiger partial charge on any atom is 0.296 e. The van der Waals surface area contributed by atoms with Gasteiger partial charge in [0.15, 0.2) is 0 Å². The third-order valence-electron chi connectivity index (χ3n) is 5.46. The topological polar surface area (TPSA) is 89.0 Å². The van der Waals surface area contributed by atoms with Gasteiger partial charge in [0.1, 0.15) is 23.1 Å². The fourth-order valence-electron chi connectivity index (χ4n) is 3.87. The second-order valence-corrected chi connectivity index (χ2v) is 7.34. The van der Waals surface area contributed by atoms with Gasteiger partial charge in [0.05, 0.1) is 43.6 Å². The molecule has 0 spiro atoms. The van der Waals surface area contributed by atoms with E-state index in [0.717, 1.165) is 0 Å². The van der Waals surface area contributed by atoms with Gasteiger partial charge in [0.2, 0.25) is 0 Å². The van der Waals surface area contributed by atoms with Crippen LogP contribution >= 0.6 is 0 Å². The van der Waals surface area contributed by atoms with E-state index in [4.69, 9.17) is 9.47 Å². The van der Waals surface area contributed by atoms with E-state index in [1.54, 1.807) is 36.5 Å². The quantitative estimate of drug-likeness (QED) is 0.350. The highest BCUT2D eigenvalue weighted by Gasteiger charge is 2.47. The first-order chi connectivity index (χ1) is 16.0. The summed E-state index contributed by atoms with van der Waals surface area (Å²) in [5.74, 6) is -2.15. The van der Waals surface area contributed by atoms with E-state index in [1.807, 2.05) is 0 Å². The van der Waals surface area contributed by atoms with Crippen molar-refractivity contribution in [2.24, 2.45) is 0 Å². The van der Waals surface area contributed by atoms with E-state index in [-0.39, 0.29) is 29.0 Å². The van der Waals surface area contributed by atoms with Crippen molar-refractivity contribution in [1.82, 2.24) is 9.88 Å². The Bertz CT molecular complexity index is 1240. The molecule has 7 nitrogen and oxygen atoms in total. The largest absolute Gasteiger partial charge is 0.507 e. The predicted molar refractivity (Wildman–Crippen MR) is 118 cm³/mol. The molecule has 1 saturated heterocycles. The molecule has 1 aliphatic heterocycles. The number of benzene rings is 2. The maximum absolute atomic E-state index is 14.9. The van der Waals surface area contributed by atoms with Crippen LogP contribution in [0.1, 0.15) is 22.9 Å². The number of hydrogen-bond acceptors (Lipinski definition) is 6. The Hall–Kier alpha value is -4.20. The van der Waals surface area contributed by atoms with Crippen LogP contribution in [0.5, 0.6) is 11.5 Å². The molecule has 1 unspecified atom stereocenters. The Balaban J connectivity index is 1.91. The molecule has 2 heterocycles. The third-order valence-corrected chi connectivity index (χ3v) is 5.46. The molecule has 3 aromatic rings. The second kappa shape index (κ2) is 9.12. The molecule has 4 rings (SSSR count). The Kier molecular flexibility index (Phi) is 6.08. The summed E-state index contributed by atoms with van der Waals surface area (Å²) in [4.78, 5) is 31.6. The van der Waals surface area contributed by atoms with Crippen LogP contribution in [0.15, 0.2) is 72.4 Å². The number of amides is 1. The highest BCUT2D eigenvalue weighted by Crippen LogP contribution is 2.42. The SMILES string of the molecule is COc1ccc(/C(O)=C2\C(=O)C(=O)N(Cc3ccccn3)C2c2ccccc2F)c(OC)c1. The predicted octanol–water partition coefficient (Wildman–Crippen LogP) is 3.86. The number of rotatable bonds is 6. The summed E-state index contributed by atoms with van der Waals surface area (Å²) in [6, 6.07) is 14.5. The monoisotopic (exact) mass is 448 g/mol. The normalized spacial score (nSPS) is 17.3. The van der Waals surface area contributed by atoms with E-state index in [9.17, 15) is 19.1 Å². The van der Waals surface area contributed by atoms with Crippen molar-refractivity contribution in [1.29, 1.82) is 0 Å². The van der Waals surface area contributed by atoms with Gasteiger partial charge in [-0.25, -0.2) is 4.39 Å². The van der Waals surface area contributed by atoms with Gasteiger partial charge < -0.3 is 19.5 Å². The summed E-state index contributed by atoms with van der Waals surface area (Å²) in [5, 5.41) is 11.2. The summed E-state index contributed by atoms with van der Waals surface area (Å²) in [7, 11) is 2.88. The first-order valence-electron chi connectivity index (χ1n) is 10.1. The molecule has 1 atom stereocenters. The number of ether oxygens (including phenoxy) is 2.